The molecule has 3 aromatic heterocycles. The summed E-state index contributed by atoms with van der Waals surface area (Å²) in [4.78, 5) is 2.40. The number of benzene rings is 10. The first-order valence-electron chi connectivity index (χ1n) is 20.3. The Morgan fingerprint density at radius 2 is 0.933 bits per heavy atom. The summed E-state index contributed by atoms with van der Waals surface area (Å²) in [5.41, 5.74) is 10.1. The maximum absolute atomic E-state index is 6.28. The van der Waals surface area contributed by atoms with Crippen molar-refractivity contribution in [2.45, 2.75) is 0 Å². The van der Waals surface area contributed by atoms with Crippen molar-refractivity contribution in [3.63, 3.8) is 0 Å². The molecule has 13 aromatic rings. The monoisotopic (exact) mass is 799 g/mol. The quantitative estimate of drug-likeness (QED) is 0.161. The Hall–Kier alpha value is -7.24. The summed E-state index contributed by atoms with van der Waals surface area (Å²) in [5, 5.41) is 12.6. The Labute approximate surface area is 353 Å². The number of hydrogen-bond acceptors (Lipinski definition) is 4. The highest BCUT2D eigenvalue weighted by molar-refractivity contribution is 7.27. The van der Waals surface area contributed by atoms with Crippen molar-refractivity contribution in [1.29, 1.82) is 0 Å². The average Bonchev–Trinajstić information content (AvgIpc) is 4.00. The van der Waals surface area contributed by atoms with Gasteiger partial charge >= 0.3 is 0 Å². The van der Waals surface area contributed by atoms with Crippen molar-refractivity contribution < 1.29 is 4.42 Å². The van der Waals surface area contributed by atoms with Crippen LogP contribution in [0.2, 0.25) is 0 Å². The maximum Gasteiger partial charge on any atom is 0.136 e. The van der Waals surface area contributed by atoms with E-state index < -0.39 is 0 Å². The van der Waals surface area contributed by atoms with Crippen LogP contribution in [0.3, 0.4) is 0 Å². The largest absolute Gasteiger partial charge is 0.456 e. The van der Waals surface area contributed by atoms with Crippen LogP contribution in [-0.4, -0.2) is 0 Å². The molecule has 0 aliphatic carbocycles. The lowest BCUT2D eigenvalue weighted by molar-refractivity contribution is 0.669. The molecule has 0 bridgehead atoms. The lowest BCUT2D eigenvalue weighted by Gasteiger charge is -2.26. The second-order valence-corrected chi connectivity index (χ2v) is 17.7. The van der Waals surface area contributed by atoms with E-state index in [0.29, 0.717) is 0 Å². The first kappa shape index (κ1) is 33.7. The van der Waals surface area contributed by atoms with Gasteiger partial charge in [-0.15, -0.1) is 22.7 Å². The van der Waals surface area contributed by atoms with Crippen molar-refractivity contribution in [3.05, 3.63) is 200 Å². The van der Waals surface area contributed by atoms with E-state index in [-0.39, 0.29) is 0 Å². The van der Waals surface area contributed by atoms with Gasteiger partial charge in [-0.2, -0.15) is 0 Å². The molecule has 0 spiro atoms. The normalized spacial score (nSPS) is 12.0. The van der Waals surface area contributed by atoms with Crippen molar-refractivity contribution in [2.24, 2.45) is 0 Å². The average molecular weight is 800 g/mol. The summed E-state index contributed by atoms with van der Waals surface area (Å²) < 4.78 is 11.4. The molecule has 0 aliphatic rings. The molecule has 60 heavy (non-hydrogen) atoms. The number of hydrogen-bond donors (Lipinski definition) is 0. The molecule has 10 aromatic carbocycles. The Kier molecular flexibility index (Phi) is 7.38. The summed E-state index contributed by atoms with van der Waals surface area (Å²) in [6.07, 6.45) is 0. The molecule has 280 valence electrons. The van der Waals surface area contributed by atoms with Gasteiger partial charge in [0, 0.05) is 68.2 Å². The van der Waals surface area contributed by atoms with Crippen molar-refractivity contribution in [3.8, 4) is 22.3 Å². The van der Waals surface area contributed by atoms with E-state index in [0.717, 1.165) is 28.2 Å². The summed E-state index contributed by atoms with van der Waals surface area (Å²) in [5.74, 6) is 0. The number of nitrogens with zero attached hydrogens (tertiary/aromatic N) is 1. The van der Waals surface area contributed by atoms with Crippen molar-refractivity contribution >= 4 is 124 Å². The third kappa shape index (κ3) is 5.11. The van der Waals surface area contributed by atoms with Crippen LogP contribution in [0, 0.1) is 0 Å². The molecule has 0 N–H and O–H groups in total. The van der Waals surface area contributed by atoms with Crippen LogP contribution in [0.5, 0.6) is 0 Å². The Morgan fingerprint density at radius 1 is 0.333 bits per heavy atom. The Balaban J connectivity index is 0.943. The number of para-hydroxylation sites is 1. The molecule has 0 aliphatic heterocycles. The van der Waals surface area contributed by atoms with Gasteiger partial charge in [0.15, 0.2) is 0 Å². The molecule has 3 heterocycles. The highest BCUT2D eigenvalue weighted by Gasteiger charge is 2.19. The van der Waals surface area contributed by atoms with Gasteiger partial charge < -0.3 is 9.32 Å². The number of thiophene rings is 2. The number of rotatable bonds is 5. The van der Waals surface area contributed by atoms with Gasteiger partial charge in [-0.1, -0.05) is 133 Å². The van der Waals surface area contributed by atoms with Crippen LogP contribution in [0.15, 0.2) is 205 Å². The SMILES string of the molecule is c1ccc2c(c1)cc(-c1ccc(N(c3ccc(-c4cccc5c4sc4c5ccc5oc6ccccc6c54)cc3)c3ccc4c(c3)sc3ccccc34)cc1)c1ccccc12. The van der Waals surface area contributed by atoms with E-state index in [1.165, 1.54) is 94.9 Å². The van der Waals surface area contributed by atoms with Gasteiger partial charge in [0.25, 0.3) is 0 Å². The fourth-order valence-corrected chi connectivity index (χ4v) is 12.0. The van der Waals surface area contributed by atoms with Gasteiger partial charge in [0.2, 0.25) is 0 Å². The fraction of sp³-hybridized carbons (Fsp3) is 0. The van der Waals surface area contributed by atoms with Gasteiger partial charge in [-0.3, -0.25) is 0 Å². The molecular formula is C56H33NOS2. The zero-order valence-corrected chi connectivity index (χ0v) is 33.9. The highest BCUT2D eigenvalue weighted by atomic mass is 32.1. The number of furan rings is 1. The van der Waals surface area contributed by atoms with Crippen molar-refractivity contribution in [2.75, 3.05) is 4.90 Å². The zero-order valence-electron chi connectivity index (χ0n) is 32.2. The second kappa shape index (κ2) is 13.1. The minimum absolute atomic E-state index is 0.932. The van der Waals surface area contributed by atoms with Crippen LogP contribution < -0.4 is 4.90 Å². The first-order chi connectivity index (χ1) is 29.7. The van der Waals surface area contributed by atoms with Crippen LogP contribution in [-0.2, 0) is 0 Å². The summed E-state index contributed by atoms with van der Waals surface area (Å²) in [6, 6.07) is 73.2. The van der Waals surface area contributed by atoms with Gasteiger partial charge in [0.1, 0.15) is 11.2 Å². The van der Waals surface area contributed by atoms with E-state index in [1.54, 1.807) is 0 Å². The molecule has 0 radical (unpaired) electrons. The van der Waals surface area contributed by atoms with E-state index in [1.807, 2.05) is 28.7 Å². The number of anilines is 3. The van der Waals surface area contributed by atoms with E-state index in [2.05, 4.69) is 199 Å². The molecule has 0 saturated carbocycles. The van der Waals surface area contributed by atoms with Crippen LogP contribution in [0.4, 0.5) is 17.1 Å². The smallest absolute Gasteiger partial charge is 0.136 e. The van der Waals surface area contributed by atoms with E-state index >= 15 is 0 Å². The van der Waals surface area contributed by atoms with Crippen molar-refractivity contribution in [1.82, 2.24) is 0 Å². The van der Waals surface area contributed by atoms with Crippen LogP contribution in [0.1, 0.15) is 0 Å². The summed E-state index contributed by atoms with van der Waals surface area (Å²) in [7, 11) is 0. The zero-order chi connectivity index (χ0) is 39.3. The Morgan fingerprint density at radius 3 is 1.75 bits per heavy atom. The highest BCUT2D eigenvalue weighted by Crippen LogP contribution is 2.47. The number of fused-ring (bicyclic) bond motifs is 13. The standard InChI is InChI=1S/C56H33NOS2/c1-2-11-40-36(10-1)32-49(43-13-4-3-12-42(40)43)35-22-26-38(27-23-35)57(39-28-29-45-44-14-6-8-19-52(44)59-53(45)33-39)37-24-20-34(21-25-37)41-16-9-17-46-47-30-31-51-54(56(47)60-55(41)46)48-15-5-7-18-50(48)58-51/h1-33H. The predicted molar refractivity (Wildman–Crippen MR) is 260 cm³/mol. The first-order valence-corrected chi connectivity index (χ1v) is 22.0. The van der Waals surface area contributed by atoms with E-state index in [4.69, 9.17) is 4.42 Å². The fourth-order valence-electron chi connectivity index (χ4n) is 9.47. The Bertz CT molecular complexity index is 3830. The topological polar surface area (TPSA) is 16.4 Å². The van der Waals surface area contributed by atoms with Crippen LogP contribution in [0.25, 0.3) is 106 Å². The maximum atomic E-state index is 6.28. The second-order valence-electron chi connectivity index (χ2n) is 15.6. The molecule has 4 heteroatoms. The third-order valence-electron chi connectivity index (χ3n) is 12.3. The lowest BCUT2D eigenvalue weighted by atomic mass is 9.93. The van der Waals surface area contributed by atoms with E-state index in [9.17, 15) is 0 Å². The lowest BCUT2D eigenvalue weighted by Crippen LogP contribution is -2.09. The molecule has 0 atom stereocenters. The van der Waals surface area contributed by atoms with Gasteiger partial charge in [0.05, 0.1) is 0 Å². The molecule has 0 fully saturated rings. The molecule has 0 amide bonds. The third-order valence-corrected chi connectivity index (χ3v) is 14.7. The molecule has 13 rings (SSSR count). The summed E-state index contributed by atoms with van der Waals surface area (Å²) in [6.45, 7) is 0. The molecular weight excluding hydrogens is 767 g/mol. The predicted octanol–water partition coefficient (Wildman–Crippen LogP) is 17.4. The van der Waals surface area contributed by atoms with Gasteiger partial charge in [-0.05, 0) is 111 Å². The summed E-state index contributed by atoms with van der Waals surface area (Å²) >= 11 is 3.73. The minimum atomic E-state index is 0.932. The molecule has 0 saturated heterocycles. The minimum Gasteiger partial charge on any atom is -0.456 e. The van der Waals surface area contributed by atoms with Gasteiger partial charge in [-0.25, -0.2) is 0 Å². The molecule has 0 unspecified atom stereocenters. The molecule has 2 nitrogen and oxygen atoms in total. The van der Waals surface area contributed by atoms with Crippen LogP contribution >= 0.6 is 22.7 Å².